The number of carbonyl (C=O) groups excluding carboxylic acids is 1. The summed E-state index contributed by atoms with van der Waals surface area (Å²) in [5.74, 6) is 1.14. The maximum Gasteiger partial charge on any atom is 0.154 e. The highest BCUT2D eigenvalue weighted by Gasteiger charge is 2.29. The van der Waals surface area contributed by atoms with Gasteiger partial charge in [0.2, 0.25) is 0 Å². The van der Waals surface area contributed by atoms with E-state index in [2.05, 4.69) is 5.16 Å². The Kier molecular flexibility index (Phi) is 4.81. The van der Waals surface area contributed by atoms with Crippen molar-refractivity contribution in [3.63, 3.8) is 0 Å². The van der Waals surface area contributed by atoms with Gasteiger partial charge in [-0.2, -0.15) is 5.26 Å². The van der Waals surface area contributed by atoms with Crippen LogP contribution in [-0.4, -0.2) is 21.4 Å². The third-order valence-electron chi connectivity index (χ3n) is 2.81. The Morgan fingerprint density at radius 3 is 2.53 bits per heavy atom. The predicted octanol–water partition coefficient (Wildman–Crippen LogP) is 3.12. The van der Waals surface area contributed by atoms with E-state index >= 15 is 0 Å². The second kappa shape index (κ2) is 5.79. The first-order chi connectivity index (χ1) is 8.66. The summed E-state index contributed by atoms with van der Waals surface area (Å²) < 4.78 is 4.69. The molecular weight excluding hydrogens is 260 g/mol. The van der Waals surface area contributed by atoms with Crippen molar-refractivity contribution < 1.29 is 9.32 Å². The summed E-state index contributed by atoms with van der Waals surface area (Å²) in [5.41, 5.74) is 0.542. The molecule has 1 heterocycles. The smallest absolute Gasteiger partial charge is 0.154 e. The zero-order valence-corrected chi connectivity index (χ0v) is 12.9. The molecule has 0 saturated carbocycles. The first-order valence-corrected chi connectivity index (χ1v) is 7.15. The quantitative estimate of drug-likeness (QED) is 0.829. The maximum absolute atomic E-state index is 12.2. The predicted molar refractivity (Wildman–Crippen MR) is 76.1 cm³/mol. The van der Waals surface area contributed by atoms with Crippen molar-refractivity contribution in [2.24, 2.45) is 0 Å². The average Bonchev–Trinajstić information content (AvgIpc) is 2.74. The SMILES string of the molecule is CC(C)(SCC#N)C(=O)Cc1cc(C(C)(C)C)on1. The fourth-order valence-electron chi connectivity index (χ4n) is 1.42. The largest absolute Gasteiger partial charge is 0.361 e. The average molecular weight is 280 g/mol. The van der Waals surface area contributed by atoms with Crippen LogP contribution in [0.25, 0.3) is 0 Å². The standard InChI is InChI=1S/C14H20N2O2S/c1-13(2,3)12-9-10(16-18-12)8-11(17)14(4,5)19-7-6-15/h9H,7-8H2,1-5H3. The minimum atomic E-state index is -0.573. The molecule has 1 aromatic heterocycles. The van der Waals surface area contributed by atoms with Crippen LogP contribution < -0.4 is 0 Å². The van der Waals surface area contributed by atoms with Gasteiger partial charge in [-0.25, -0.2) is 0 Å². The molecular formula is C14H20N2O2S. The van der Waals surface area contributed by atoms with Crippen LogP contribution >= 0.6 is 11.8 Å². The normalized spacial score (nSPS) is 12.2. The van der Waals surface area contributed by atoms with E-state index < -0.39 is 4.75 Å². The molecule has 0 aliphatic carbocycles. The minimum Gasteiger partial charge on any atom is -0.361 e. The van der Waals surface area contributed by atoms with Crippen LogP contribution in [0.3, 0.4) is 0 Å². The fraction of sp³-hybridized carbons (Fsp3) is 0.643. The van der Waals surface area contributed by atoms with Gasteiger partial charge in [0.25, 0.3) is 0 Å². The number of Topliss-reactive ketones (excluding diaryl/α,β-unsaturated/α-hetero) is 1. The number of hydrogen-bond acceptors (Lipinski definition) is 5. The minimum absolute atomic E-state index is 0.0570. The van der Waals surface area contributed by atoms with Gasteiger partial charge in [0.1, 0.15) is 5.76 Å². The number of hydrogen-bond donors (Lipinski definition) is 0. The highest BCUT2D eigenvalue weighted by molar-refractivity contribution is 8.01. The Labute approximate surface area is 118 Å². The van der Waals surface area contributed by atoms with E-state index in [4.69, 9.17) is 9.78 Å². The molecule has 0 amide bonds. The highest BCUT2D eigenvalue weighted by atomic mass is 32.2. The van der Waals surface area contributed by atoms with Gasteiger partial charge < -0.3 is 4.52 Å². The monoisotopic (exact) mass is 280 g/mol. The lowest BCUT2D eigenvalue weighted by Crippen LogP contribution is -2.30. The number of nitrogens with zero attached hydrogens (tertiary/aromatic N) is 2. The summed E-state index contributed by atoms with van der Waals surface area (Å²) >= 11 is 1.35. The van der Waals surface area contributed by atoms with Crippen LogP contribution in [0.4, 0.5) is 0 Å². The molecule has 0 aliphatic heterocycles. The molecule has 0 unspecified atom stereocenters. The summed E-state index contributed by atoms with van der Waals surface area (Å²) in [7, 11) is 0. The summed E-state index contributed by atoms with van der Waals surface area (Å²) in [5, 5.41) is 12.5. The molecule has 19 heavy (non-hydrogen) atoms. The third kappa shape index (κ3) is 4.39. The Balaban J connectivity index is 2.72. The van der Waals surface area contributed by atoms with Crippen LogP contribution in [0.15, 0.2) is 10.6 Å². The van der Waals surface area contributed by atoms with Crippen molar-refractivity contribution in [1.82, 2.24) is 5.16 Å². The van der Waals surface area contributed by atoms with Crippen LogP contribution in [-0.2, 0) is 16.6 Å². The lowest BCUT2D eigenvalue weighted by molar-refractivity contribution is -0.120. The van der Waals surface area contributed by atoms with Crippen molar-refractivity contribution >= 4 is 17.5 Å². The Morgan fingerprint density at radius 1 is 1.42 bits per heavy atom. The molecule has 1 rings (SSSR count). The van der Waals surface area contributed by atoms with Gasteiger partial charge in [-0.15, -0.1) is 11.8 Å². The Bertz CT molecular complexity index is 492. The van der Waals surface area contributed by atoms with E-state index in [1.165, 1.54) is 11.8 Å². The number of thioether (sulfide) groups is 1. The third-order valence-corrected chi connectivity index (χ3v) is 4.03. The van der Waals surface area contributed by atoms with Gasteiger partial charge in [0.15, 0.2) is 5.78 Å². The van der Waals surface area contributed by atoms with Gasteiger partial charge in [0.05, 0.1) is 28.7 Å². The zero-order chi connectivity index (χ0) is 14.7. The van der Waals surface area contributed by atoms with Crippen LogP contribution in [0, 0.1) is 11.3 Å². The molecule has 0 fully saturated rings. The summed E-state index contributed by atoms with van der Waals surface area (Å²) in [6, 6.07) is 3.88. The van der Waals surface area contributed by atoms with E-state index in [0.29, 0.717) is 11.4 Å². The fourth-order valence-corrected chi connectivity index (χ4v) is 2.08. The molecule has 4 nitrogen and oxygen atoms in total. The van der Waals surface area contributed by atoms with E-state index in [-0.39, 0.29) is 17.6 Å². The van der Waals surface area contributed by atoms with Crippen molar-refractivity contribution in [2.45, 2.75) is 51.2 Å². The van der Waals surface area contributed by atoms with Gasteiger partial charge in [-0.05, 0) is 13.8 Å². The van der Waals surface area contributed by atoms with E-state index in [1.54, 1.807) is 0 Å². The summed E-state index contributed by atoms with van der Waals surface area (Å²) in [6.07, 6.45) is 0.241. The van der Waals surface area contributed by atoms with Crippen molar-refractivity contribution in [1.29, 1.82) is 5.26 Å². The lowest BCUT2D eigenvalue weighted by Gasteiger charge is -2.20. The van der Waals surface area contributed by atoms with Crippen molar-refractivity contribution in [2.75, 3.05) is 5.75 Å². The van der Waals surface area contributed by atoms with Gasteiger partial charge in [-0.1, -0.05) is 25.9 Å². The topological polar surface area (TPSA) is 66.9 Å². The maximum atomic E-state index is 12.2. The summed E-state index contributed by atoms with van der Waals surface area (Å²) in [6.45, 7) is 9.77. The molecule has 1 aromatic rings. The van der Waals surface area contributed by atoms with E-state index in [9.17, 15) is 4.79 Å². The first kappa shape index (κ1) is 15.8. The van der Waals surface area contributed by atoms with Crippen LogP contribution in [0.5, 0.6) is 0 Å². The molecule has 0 radical (unpaired) electrons. The number of rotatable bonds is 5. The molecule has 0 saturated heterocycles. The molecule has 0 aromatic carbocycles. The Morgan fingerprint density at radius 2 is 2.05 bits per heavy atom. The highest BCUT2D eigenvalue weighted by Crippen LogP contribution is 2.27. The number of ketones is 1. The number of carbonyl (C=O) groups is 1. The molecule has 104 valence electrons. The molecule has 0 bridgehead atoms. The summed E-state index contributed by atoms with van der Waals surface area (Å²) in [4.78, 5) is 12.2. The second-order valence-corrected chi connectivity index (χ2v) is 7.59. The van der Waals surface area contributed by atoms with E-state index in [1.807, 2.05) is 46.8 Å². The molecule has 0 aliphatic rings. The first-order valence-electron chi connectivity index (χ1n) is 6.17. The number of aromatic nitrogens is 1. The van der Waals surface area contributed by atoms with Gasteiger partial charge in [-0.3, -0.25) is 4.79 Å². The van der Waals surface area contributed by atoms with E-state index in [0.717, 1.165) is 5.76 Å². The molecule has 0 atom stereocenters. The second-order valence-electron chi connectivity index (χ2n) is 5.99. The van der Waals surface area contributed by atoms with Gasteiger partial charge >= 0.3 is 0 Å². The zero-order valence-electron chi connectivity index (χ0n) is 12.1. The molecule has 0 N–H and O–H groups in total. The lowest BCUT2D eigenvalue weighted by atomic mass is 9.92. The molecule has 5 heteroatoms. The van der Waals surface area contributed by atoms with Crippen molar-refractivity contribution in [3.05, 3.63) is 17.5 Å². The Hall–Kier alpha value is -1.28. The van der Waals surface area contributed by atoms with Crippen LogP contribution in [0.1, 0.15) is 46.1 Å². The van der Waals surface area contributed by atoms with Gasteiger partial charge in [0, 0.05) is 11.5 Å². The van der Waals surface area contributed by atoms with Crippen molar-refractivity contribution in [3.8, 4) is 6.07 Å². The molecule has 0 spiro atoms. The number of nitriles is 1. The van der Waals surface area contributed by atoms with Crippen LogP contribution in [0.2, 0.25) is 0 Å².